The van der Waals surface area contributed by atoms with Crippen LogP contribution in [0.25, 0.3) is 0 Å². The molecular formula is C11H15N3O5. The van der Waals surface area contributed by atoms with Crippen LogP contribution >= 0.6 is 0 Å². The normalized spacial score (nSPS) is 10.9. The monoisotopic (exact) mass is 269 g/mol. The topological polar surface area (TPSA) is 122 Å². The van der Waals surface area contributed by atoms with Crippen molar-refractivity contribution in [2.45, 2.75) is 27.2 Å². The van der Waals surface area contributed by atoms with Crippen molar-refractivity contribution in [2.24, 2.45) is 5.41 Å². The first-order valence-electron chi connectivity index (χ1n) is 5.48. The highest BCUT2D eigenvalue weighted by molar-refractivity contribution is 6.01. The lowest BCUT2D eigenvalue weighted by Gasteiger charge is -2.17. The van der Waals surface area contributed by atoms with Gasteiger partial charge in [-0.25, -0.2) is 4.79 Å². The van der Waals surface area contributed by atoms with Crippen LogP contribution in [-0.2, 0) is 9.59 Å². The molecule has 0 aliphatic heterocycles. The molecule has 1 aromatic heterocycles. The predicted octanol–water partition coefficient (Wildman–Crippen LogP) is 1.13. The number of hydrogen-bond donors (Lipinski definition) is 3. The number of aliphatic carboxylic acids is 1. The van der Waals surface area contributed by atoms with Gasteiger partial charge in [-0.15, -0.1) is 0 Å². The number of aryl methyl sites for hydroxylation is 1. The molecule has 0 unspecified atom stereocenters. The standard InChI is InChI=1S/C11H15N3O5/c1-6-4-7(14-19-6)12-10(18)13-8(15)5-11(2,3)9(16)17/h4H,5H2,1-3H3,(H,16,17)(H2,12,13,14,15,18). The predicted molar refractivity (Wildman–Crippen MR) is 64.4 cm³/mol. The molecule has 3 N–H and O–H groups in total. The van der Waals surface area contributed by atoms with E-state index in [2.05, 4.69) is 10.5 Å². The van der Waals surface area contributed by atoms with Gasteiger partial charge in [0.1, 0.15) is 5.76 Å². The van der Waals surface area contributed by atoms with E-state index in [-0.39, 0.29) is 12.2 Å². The zero-order valence-electron chi connectivity index (χ0n) is 10.8. The summed E-state index contributed by atoms with van der Waals surface area (Å²) in [5, 5.41) is 16.7. The Morgan fingerprint density at radius 2 is 2.05 bits per heavy atom. The van der Waals surface area contributed by atoms with Crippen LogP contribution in [0.1, 0.15) is 26.0 Å². The minimum Gasteiger partial charge on any atom is -0.481 e. The maximum atomic E-state index is 11.5. The summed E-state index contributed by atoms with van der Waals surface area (Å²) in [6, 6.07) is 0.685. The van der Waals surface area contributed by atoms with E-state index in [0.717, 1.165) is 0 Å². The smallest absolute Gasteiger partial charge is 0.327 e. The number of carbonyl (C=O) groups excluding carboxylic acids is 2. The number of nitrogens with zero attached hydrogens (tertiary/aromatic N) is 1. The number of urea groups is 1. The third kappa shape index (κ3) is 4.41. The molecule has 0 atom stereocenters. The van der Waals surface area contributed by atoms with Crippen LogP contribution in [0.2, 0.25) is 0 Å². The number of hydrogen-bond acceptors (Lipinski definition) is 5. The molecular weight excluding hydrogens is 254 g/mol. The van der Waals surface area contributed by atoms with Gasteiger partial charge in [0.05, 0.1) is 5.41 Å². The molecule has 1 rings (SSSR count). The summed E-state index contributed by atoms with van der Waals surface area (Å²) >= 11 is 0. The fourth-order valence-electron chi connectivity index (χ4n) is 1.22. The second-order valence-electron chi connectivity index (χ2n) is 4.69. The minimum absolute atomic E-state index is 0.167. The minimum atomic E-state index is -1.24. The van der Waals surface area contributed by atoms with Crippen molar-refractivity contribution >= 4 is 23.7 Å². The van der Waals surface area contributed by atoms with Crippen molar-refractivity contribution in [3.8, 4) is 0 Å². The molecule has 0 aliphatic rings. The summed E-state index contributed by atoms with van der Waals surface area (Å²) in [6.07, 6.45) is -0.312. The number of aromatic nitrogens is 1. The van der Waals surface area contributed by atoms with E-state index < -0.39 is 23.3 Å². The molecule has 0 saturated heterocycles. The Bertz CT molecular complexity index is 506. The summed E-state index contributed by atoms with van der Waals surface area (Å²) in [6.45, 7) is 4.44. The van der Waals surface area contributed by atoms with Crippen molar-refractivity contribution in [3.63, 3.8) is 0 Å². The number of nitrogens with one attached hydrogen (secondary N) is 2. The van der Waals surface area contributed by atoms with Gasteiger partial charge >= 0.3 is 12.0 Å². The summed E-state index contributed by atoms with van der Waals surface area (Å²) in [4.78, 5) is 33.7. The molecule has 3 amide bonds. The Morgan fingerprint density at radius 3 is 2.53 bits per heavy atom. The van der Waals surface area contributed by atoms with Crippen molar-refractivity contribution in [1.29, 1.82) is 0 Å². The molecule has 8 heteroatoms. The van der Waals surface area contributed by atoms with Crippen molar-refractivity contribution in [1.82, 2.24) is 10.5 Å². The molecule has 1 heterocycles. The third-order valence-corrected chi connectivity index (χ3v) is 2.30. The number of amides is 3. The maximum Gasteiger partial charge on any atom is 0.327 e. The van der Waals surface area contributed by atoms with Crippen LogP contribution in [0.4, 0.5) is 10.6 Å². The summed E-state index contributed by atoms with van der Waals surface area (Å²) in [5.41, 5.74) is -1.24. The van der Waals surface area contributed by atoms with Gasteiger partial charge in [-0.2, -0.15) is 0 Å². The zero-order chi connectivity index (χ0) is 14.6. The van der Waals surface area contributed by atoms with Gasteiger partial charge < -0.3 is 9.63 Å². The second-order valence-corrected chi connectivity index (χ2v) is 4.69. The van der Waals surface area contributed by atoms with Gasteiger partial charge in [0.25, 0.3) is 0 Å². The number of carboxylic acids is 1. The Kier molecular flexibility index (Phi) is 4.26. The molecule has 0 radical (unpaired) electrons. The first-order valence-corrected chi connectivity index (χ1v) is 5.48. The Hall–Kier alpha value is -2.38. The largest absolute Gasteiger partial charge is 0.481 e. The first kappa shape index (κ1) is 14.7. The summed E-state index contributed by atoms with van der Waals surface area (Å²) in [5.74, 6) is -1.13. The average molecular weight is 269 g/mol. The van der Waals surface area contributed by atoms with E-state index in [1.165, 1.54) is 19.9 Å². The van der Waals surface area contributed by atoms with Gasteiger partial charge in [-0.1, -0.05) is 5.16 Å². The van der Waals surface area contributed by atoms with E-state index in [1.807, 2.05) is 5.32 Å². The van der Waals surface area contributed by atoms with Gasteiger partial charge in [-0.05, 0) is 20.8 Å². The SMILES string of the molecule is Cc1cc(NC(=O)NC(=O)CC(C)(C)C(=O)O)no1. The molecule has 19 heavy (non-hydrogen) atoms. The molecule has 0 aromatic carbocycles. The van der Waals surface area contributed by atoms with Crippen LogP contribution in [0.5, 0.6) is 0 Å². The highest BCUT2D eigenvalue weighted by atomic mass is 16.5. The van der Waals surface area contributed by atoms with Crippen molar-refractivity contribution < 1.29 is 24.0 Å². The summed E-state index contributed by atoms with van der Waals surface area (Å²) in [7, 11) is 0. The number of imide groups is 1. The highest BCUT2D eigenvalue weighted by Gasteiger charge is 2.30. The van der Waals surface area contributed by atoms with Gasteiger partial charge in [-0.3, -0.25) is 20.2 Å². The first-order chi connectivity index (χ1) is 8.70. The van der Waals surface area contributed by atoms with E-state index >= 15 is 0 Å². The molecule has 0 bridgehead atoms. The number of carboxylic acid groups (broad SMARTS) is 1. The van der Waals surface area contributed by atoms with Crippen molar-refractivity contribution in [3.05, 3.63) is 11.8 Å². The quantitative estimate of drug-likeness (QED) is 0.753. The molecule has 0 aliphatic carbocycles. The second kappa shape index (κ2) is 5.51. The maximum absolute atomic E-state index is 11.5. The number of carbonyl (C=O) groups is 3. The molecule has 104 valence electrons. The Balaban J connectivity index is 2.49. The van der Waals surface area contributed by atoms with Crippen LogP contribution < -0.4 is 10.6 Å². The van der Waals surface area contributed by atoms with E-state index in [4.69, 9.17) is 9.63 Å². The molecule has 0 fully saturated rings. The lowest BCUT2D eigenvalue weighted by molar-refractivity contribution is -0.149. The van der Waals surface area contributed by atoms with Crippen LogP contribution in [0.15, 0.2) is 10.6 Å². The lowest BCUT2D eigenvalue weighted by atomic mass is 9.89. The molecule has 0 saturated carbocycles. The highest BCUT2D eigenvalue weighted by Crippen LogP contribution is 2.19. The van der Waals surface area contributed by atoms with Gasteiger partial charge in [0, 0.05) is 12.5 Å². The van der Waals surface area contributed by atoms with Gasteiger partial charge in [0.15, 0.2) is 5.82 Å². The zero-order valence-corrected chi connectivity index (χ0v) is 10.8. The van der Waals surface area contributed by atoms with E-state index in [9.17, 15) is 14.4 Å². The van der Waals surface area contributed by atoms with Crippen LogP contribution in [0.3, 0.4) is 0 Å². The average Bonchev–Trinajstić information content (AvgIpc) is 2.61. The van der Waals surface area contributed by atoms with Crippen LogP contribution in [0, 0.1) is 12.3 Å². The third-order valence-electron chi connectivity index (χ3n) is 2.30. The lowest BCUT2D eigenvalue weighted by Crippen LogP contribution is -2.38. The summed E-state index contributed by atoms with van der Waals surface area (Å²) < 4.78 is 4.73. The van der Waals surface area contributed by atoms with Gasteiger partial charge in [0.2, 0.25) is 5.91 Å². The molecule has 1 aromatic rings. The number of anilines is 1. The van der Waals surface area contributed by atoms with E-state index in [0.29, 0.717) is 5.76 Å². The van der Waals surface area contributed by atoms with Crippen molar-refractivity contribution in [2.75, 3.05) is 5.32 Å². The number of rotatable bonds is 4. The molecule has 0 spiro atoms. The fourth-order valence-corrected chi connectivity index (χ4v) is 1.22. The fraction of sp³-hybridized carbons (Fsp3) is 0.455. The Labute approximate surface area is 109 Å². The van der Waals surface area contributed by atoms with Crippen LogP contribution in [-0.4, -0.2) is 28.2 Å². The molecule has 8 nitrogen and oxygen atoms in total. The van der Waals surface area contributed by atoms with E-state index in [1.54, 1.807) is 6.92 Å². The Morgan fingerprint density at radius 1 is 1.42 bits per heavy atom.